The van der Waals surface area contributed by atoms with E-state index in [4.69, 9.17) is 0 Å². The number of anilines is 1. The summed E-state index contributed by atoms with van der Waals surface area (Å²) in [5.41, 5.74) is 4.63. The van der Waals surface area contributed by atoms with Crippen LogP contribution in [0.4, 0.5) is 10.5 Å². The summed E-state index contributed by atoms with van der Waals surface area (Å²) in [7, 11) is 0. The van der Waals surface area contributed by atoms with Gasteiger partial charge in [0.25, 0.3) is 5.91 Å². The van der Waals surface area contributed by atoms with Crippen LogP contribution in [0.5, 0.6) is 0 Å². The first-order valence-electron chi connectivity index (χ1n) is 10.3. The van der Waals surface area contributed by atoms with Crippen LogP contribution in [0.3, 0.4) is 0 Å². The van der Waals surface area contributed by atoms with Crippen molar-refractivity contribution in [2.45, 2.75) is 20.4 Å². The van der Waals surface area contributed by atoms with Gasteiger partial charge >= 0.3 is 6.03 Å². The maximum Gasteiger partial charge on any atom is 0.329 e. The summed E-state index contributed by atoms with van der Waals surface area (Å²) in [5, 5.41) is 6.28. The molecule has 7 heteroatoms. The first-order chi connectivity index (χ1) is 15.4. The lowest BCUT2D eigenvalue weighted by Crippen LogP contribution is -2.38. The third-order valence-electron chi connectivity index (χ3n) is 5.48. The normalized spacial score (nSPS) is 14.8. The summed E-state index contributed by atoms with van der Waals surface area (Å²) in [6.45, 7) is 7.99. The molecule has 1 aromatic heterocycles. The molecule has 0 spiro atoms. The molecule has 4 rings (SSSR count). The molecule has 1 aliphatic rings. The topological polar surface area (TPSA) is 83.4 Å². The Kier molecular flexibility index (Phi) is 5.64. The second-order valence-electron chi connectivity index (χ2n) is 7.71. The summed E-state index contributed by atoms with van der Waals surface area (Å²) >= 11 is 0. The highest BCUT2D eigenvalue weighted by Crippen LogP contribution is 2.28. The number of fused-ring (bicyclic) bond motifs is 1. The number of nitrogens with zero attached hydrogens (tertiary/aromatic N) is 2. The van der Waals surface area contributed by atoms with Gasteiger partial charge in [0.2, 0.25) is 5.91 Å². The van der Waals surface area contributed by atoms with Gasteiger partial charge < -0.3 is 15.2 Å². The molecule has 7 nitrogen and oxygen atoms in total. The monoisotopic (exact) mass is 428 g/mol. The lowest BCUT2D eigenvalue weighted by molar-refractivity contribution is -0.127. The van der Waals surface area contributed by atoms with E-state index in [0.717, 1.165) is 32.6 Å². The van der Waals surface area contributed by atoms with Gasteiger partial charge in [-0.05, 0) is 38.1 Å². The molecule has 1 saturated heterocycles. The third kappa shape index (κ3) is 3.92. The lowest BCUT2D eigenvalue weighted by atomic mass is 10.1. The third-order valence-corrected chi connectivity index (χ3v) is 5.48. The molecule has 4 amide bonds. The molecule has 1 aliphatic heterocycles. The number of urea groups is 1. The molecule has 0 radical (unpaired) electrons. The largest absolute Gasteiger partial charge is 0.340 e. The Balaban J connectivity index is 1.58. The maximum atomic E-state index is 12.9. The average molecular weight is 428 g/mol. The number of amides is 4. The molecule has 0 atom stereocenters. The van der Waals surface area contributed by atoms with Gasteiger partial charge in [-0.15, -0.1) is 6.58 Å². The maximum absolute atomic E-state index is 12.9. The molecule has 32 heavy (non-hydrogen) atoms. The number of nitrogens with one attached hydrogen (secondary N) is 2. The lowest BCUT2D eigenvalue weighted by Gasteiger charge is -2.12. The fraction of sp³-hybridized carbons (Fsp3) is 0.160. The number of hydrogen-bond acceptors (Lipinski definition) is 3. The molecule has 162 valence electrons. The molecular formula is C25H24N4O3. The van der Waals surface area contributed by atoms with E-state index in [1.54, 1.807) is 18.2 Å². The first kappa shape index (κ1) is 21.1. The predicted octanol–water partition coefficient (Wildman–Crippen LogP) is 3.98. The summed E-state index contributed by atoms with van der Waals surface area (Å²) in [4.78, 5) is 38.6. The Hall–Kier alpha value is -4.13. The van der Waals surface area contributed by atoms with Crippen LogP contribution in [0, 0.1) is 13.8 Å². The molecule has 2 aromatic carbocycles. The zero-order valence-corrected chi connectivity index (χ0v) is 18.0. The summed E-state index contributed by atoms with van der Waals surface area (Å²) in [6, 6.07) is 14.5. The van der Waals surface area contributed by atoms with Crippen molar-refractivity contribution in [2.24, 2.45) is 0 Å². The van der Waals surface area contributed by atoms with E-state index in [1.165, 1.54) is 0 Å². The molecular weight excluding hydrogens is 404 g/mol. The standard InChI is InChI=1S/C25H24N4O3/c1-4-13-28-17(3)20(19-7-5-6-8-22(19)28)14-21-24(31)29(25(32)27-21)15-23(30)26-18-11-9-16(2)10-12-18/h4-12,14H,1,13,15H2,2-3H3,(H,26,30)(H,27,32)/b21-14+. The van der Waals surface area contributed by atoms with Crippen LogP contribution in [0.25, 0.3) is 17.0 Å². The van der Waals surface area contributed by atoms with Crippen molar-refractivity contribution in [2.75, 3.05) is 11.9 Å². The molecule has 0 aliphatic carbocycles. The Bertz CT molecular complexity index is 1270. The van der Waals surface area contributed by atoms with Crippen molar-refractivity contribution in [3.05, 3.63) is 83.7 Å². The number of carbonyl (C=O) groups is 3. The van der Waals surface area contributed by atoms with Crippen molar-refractivity contribution in [1.29, 1.82) is 0 Å². The molecule has 2 N–H and O–H groups in total. The van der Waals surface area contributed by atoms with Crippen molar-refractivity contribution in [3.8, 4) is 0 Å². The molecule has 3 aromatic rings. The second-order valence-corrected chi connectivity index (χ2v) is 7.71. The smallest absolute Gasteiger partial charge is 0.329 e. The van der Waals surface area contributed by atoms with Crippen LogP contribution >= 0.6 is 0 Å². The van der Waals surface area contributed by atoms with Gasteiger partial charge in [-0.2, -0.15) is 0 Å². The Morgan fingerprint density at radius 2 is 1.81 bits per heavy atom. The number of benzene rings is 2. The molecule has 0 bridgehead atoms. The number of aryl methyl sites for hydroxylation is 1. The van der Waals surface area contributed by atoms with E-state index in [1.807, 2.05) is 56.3 Å². The van der Waals surface area contributed by atoms with E-state index in [9.17, 15) is 14.4 Å². The van der Waals surface area contributed by atoms with Crippen molar-refractivity contribution >= 4 is 40.5 Å². The van der Waals surface area contributed by atoms with Gasteiger partial charge in [-0.1, -0.05) is 42.0 Å². The SMILES string of the molecule is C=CCn1c(C)c(/C=C2/NC(=O)N(CC(=O)Nc3ccc(C)cc3)C2=O)c2ccccc21. The van der Waals surface area contributed by atoms with Gasteiger partial charge in [0, 0.05) is 34.4 Å². The number of carbonyl (C=O) groups excluding carboxylic acids is 3. The number of hydrogen-bond donors (Lipinski definition) is 2. The molecule has 0 unspecified atom stereocenters. The molecule has 1 fully saturated rings. The van der Waals surface area contributed by atoms with Crippen LogP contribution in [-0.4, -0.2) is 33.9 Å². The van der Waals surface area contributed by atoms with Gasteiger partial charge in [-0.3, -0.25) is 9.59 Å². The fourth-order valence-corrected chi connectivity index (χ4v) is 3.84. The number of rotatable bonds is 6. The Morgan fingerprint density at radius 3 is 2.53 bits per heavy atom. The van der Waals surface area contributed by atoms with E-state index >= 15 is 0 Å². The van der Waals surface area contributed by atoms with Crippen LogP contribution < -0.4 is 10.6 Å². The van der Waals surface area contributed by atoms with E-state index in [0.29, 0.717) is 12.2 Å². The number of aromatic nitrogens is 1. The van der Waals surface area contributed by atoms with E-state index in [2.05, 4.69) is 21.8 Å². The van der Waals surface area contributed by atoms with E-state index < -0.39 is 17.8 Å². The average Bonchev–Trinajstić information content (AvgIpc) is 3.19. The van der Waals surface area contributed by atoms with Crippen LogP contribution in [0.1, 0.15) is 16.8 Å². The summed E-state index contributed by atoms with van der Waals surface area (Å²) < 4.78 is 2.10. The highest BCUT2D eigenvalue weighted by atomic mass is 16.2. The van der Waals surface area contributed by atoms with Gasteiger partial charge in [-0.25, -0.2) is 9.69 Å². The van der Waals surface area contributed by atoms with Crippen molar-refractivity contribution in [3.63, 3.8) is 0 Å². The van der Waals surface area contributed by atoms with E-state index in [-0.39, 0.29) is 12.2 Å². The highest BCUT2D eigenvalue weighted by Gasteiger charge is 2.35. The van der Waals surface area contributed by atoms with Crippen LogP contribution in [0.2, 0.25) is 0 Å². The van der Waals surface area contributed by atoms with Crippen LogP contribution in [0.15, 0.2) is 66.9 Å². The minimum atomic E-state index is -0.618. The highest BCUT2D eigenvalue weighted by molar-refractivity contribution is 6.16. The summed E-state index contributed by atoms with van der Waals surface area (Å²) in [5.74, 6) is -0.980. The summed E-state index contributed by atoms with van der Waals surface area (Å²) in [6.07, 6.45) is 3.49. The number of para-hydroxylation sites is 1. The molecule has 0 saturated carbocycles. The van der Waals surface area contributed by atoms with Crippen molar-refractivity contribution < 1.29 is 14.4 Å². The second kappa shape index (κ2) is 8.55. The predicted molar refractivity (Wildman–Crippen MR) is 125 cm³/mol. The number of imide groups is 1. The first-order valence-corrected chi connectivity index (χ1v) is 10.3. The molecule has 2 heterocycles. The van der Waals surface area contributed by atoms with Gasteiger partial charge in [0.1, 0.15) is 12.2 Å². The quantitative estimate of drug-likeness (QED) is 0.354. The van der Waals surface area contributed by atoms with Crippen LogP contribution in [-0.2, 0) is 16.1 Å². The fourth-order valence-electron chi connectivity index (χ4n) is 3.84. The zero-order valence-electron chi connectivity index (χ0n) is 18.0. The zero-order chi connectivity index (χ0) is 22.8. The Morgan fingerprint density at radius 1 is 1.09 bits per heavy atom. The Labute approximate surface area is 186 Å². The van der Waals surface area contributed by atoms with Gasteiger partial charge in [0.15, 0.2) is 0 Å². The van der Waals surface area contributed by atoms with Gasteiger partial charge in [0.05, 0.1) is 0 Å². The minimum absolute atomic E-state index is 0.141. The minimum Gasteiger partial charge on any atom is -0.340 e. The van der Waals surface area contributed by atoms with Crippen molar-refractivity contribution in [1.82, 2.24) is 14.8 Å². The number of allylic oxidation sites excluding steroid dienone is 1.